The normalized spacial score (nSPS) is 18.6. The fraction of sp³-hybridized carbons (Fsp3) is 0.533. The summed E-state index contributed by atoms with van der Waals surface area (Å²) in [6.07, 6.45) is 4.88. The maximum atomic E-state index is 12.3. The fourth-order valence-corrected chi connectivity index (χ4v) is 2.81. The van der Waals surface area contributed by atoms with Crippen LogP contribution in [-0.4, -0.2) is 58.4 Å². The first-order valence-corrected chi connectivity index (χ1v) is 7.29. The minimum atomic E-state index is -1.02. The third-order valence-corrected chi connectivity index (χ3v) is 3.90. The molecular weight excluding hydrogens is 288 g/mol. The second-order valence-corrected chi connectivity index (χ2v) is 5.43. The van der Waals surface area contributed by atoms with Crippen molar-refractivity contribution in [3.63, 3.8) is 0 Å². The molecule has 1 atom stereocenters. The third kappa shape index (κ3) is 3.87. The number of carbonyl (C=O) groups excluding carboxylic acids is 2. The molecule has 1 aliphatic heterocycles. The van der Waals surface area contributed by atoms with E-state index < -0.39 is 5.97 Å². The van der Waals surface area contributed by atoms with E-state index in [0.29, 0.717) is 31.5 Å². The number of likely N-dealkylation sites (tertiary alicyclic amines) is 1. The molecule has 7 nitrogen and oxygen atoms in total. The minimum Gasteiger partial charge on any atom is -0.480 e. The van der Waals surface area contributed by atoms with Crippen LogP contribution in [0.3, 0.4) is 0 Å². The van der Waals surface area contributed by atoms with Crippen LogP contribution in [0.25, 0.3) is 0 Å². The summed E-state index contributed by atoms with van der Waals surface area (Å²) in [4.78, 5) is 38.0. The van der Waals surface area contributed by atoms with E-state index in [9.17, 15) is 14.4 Å². The van der Waals surface area contributed by atoms with Gasteiger partial charge >= 0.3 is 5.97 Å². The van der Waals surface area contributed by atoms with Gasteiger partial charge in [0.05, 0.1) is 11.8 Å². The number of amides is 2. The van der Waals surface area contributed by atoms with Gasteiger partial charge in [-0.25, -0.2) is 0 Å². The van der Waals surface area contributed by atoms with Crippen LogP contribution in [0.2, 0.25) is 0 Å². The number of hydrogen-bond donors (Lipinski definition) is 1. The molecule has 1 aromatic heterocycles. The van der Waals surface area contributed by atoms with Crippen molar-refractivity contribution in [2.75, 3.05) is 19.6 Å². The summed E-state index contributed by atoms with van der Waals surface area (Å²) in [7, 11) is 0. The summed E-state index contributed by atoms with van der Waals surface area (Å²) < 4.78 is 4.93. The first-order chi connectivity index (χ1) is 10.5. The predicted octanol–water partition coefficient (Wildman–Crippen LogP) is 1.21. The van der Waals surface area contributed by atoms with Crippen LogP contribution < -0.4 is 0 Å². The van der Waals surface area contributed by atoms with Gasteiger partial charge in [0, 0.05) is 26.1 Å². The van der Waals surface area contributed by atoms with Crippen molar-refractivity contribution in [2.24, 2.45) is 0 Å². The lowest BCUT2D eigenvalue weighted by atomic mass is 10.1. The molecule has 1 saturated heterocycles. The van der Waals surface area contributed by atoms with E-state index in [1.165, 1.54) is 24.3 Å². The molecule has 1 aliphatic rings. The van der Waals surface area contributed by atoms with Gasteiger partial charge < -0.3 is 19.3 Å². The Morgan fingerprint density at radius 2 is 2.14 bits per heavy atom. The molecule has 1 aromatic rings. The van der Waals surface area contributed by atoms with Gasteiger partial charge in [-0.2, -0.15) is 0 Å². The first-order valence-electron chi connectivity index (χ1n) is 7.29. The number of carbonyl (C=O) groups is 3. The van der Waals surface area contributed by atoms with Crippen LogP contribution in [0.4, 0.5) is 0 Å². The van der Waals surface area contributed by atoms with Crippen molar-refractivity contribution in [3.05, 3.63) is 24.2 Å². The molecule has 2 rings (SSSR count). The standard InChI is InChI=1S/C15H20N2O5/c1-11(18)17(9-14(19)20)13-3-2-6-16(7-4-13)15(21)12-5-8-22-10-12/h5,8,10,13H,2-4,6-7,9H2,1H3,(H,19,20). The molecule has 0 spiro atoms. The zero-order valence-corrected chi connectivity index (χ0v) is 12.5. The van der Waals surface area contributed by atoms with Crippen LogP contribution in [0.1, 0.15) is 36.5 Å². The number of hydrogen-bond acceptors (Lipinski definition) is 4. The summed E-state index contributed by atoms with van der Waals surface area (Å²) >= 11 is 0. The van der Waals surface area contributed by atoms with Crippen molar-refractivity contribution < 1.29 is 23.9 Å². The summed E-state index contributed by atoms with van der Waals surface area (Å²) in [6.45, 7) is 2.18. The van der Waals surface area contributed by atoms with E-state index >= 15 is 0 Å². The van der Waals surface area contributed by atoms with E-state index in [1.54, 1.807) is 11.0 Å². The zero-order chi connectivity index (χ0) is 16.1. The van der Waals surface area contributed by atoms with Gasteiger partial charge in [-0.3, -0.25) is 14.4 Å². The molecule has 22 heavy (non-hydrogen) atoms. The molecular formula is C15H20N2O5. The number of nitrogens with zero attached hydrogens (tertiary/aromatic N) is 2. The summed E-state index contributed by atoms with van der Waals surface area (Å²) in [5, 5.41) is 8.93. The van der Waals surface area contributed by atoms with Crippen LogP contribution in [0.15, 0.2) is 23.0 Å². The van der Waals surface area contributed by atoms with Gasteiger partial charge in [-0.1, -0.05) is 0 Å². The molecule has 0 aliphatic carbocycles. The van der Waals surface area contributed by atoms with Gasteiger partial charge in [-0.15, -0.1) is 0 Å². The average molecular weight is 308 g/mol. The maximum Gasteiger partial charge on any atom is 0.323 e. The number of furan rings is 1. The molecule has 120 valence electrons. The fourth-order valence-electron chi connectivity index (χ4n) is 2.81. The average Bonchev–Trinajstić information content (AvgIpc) is 2.89. The van der Waals surface area contributed by atoms with Crippen LogP contribution in [0, 0.1) is 0 Å². The van der Waals surface area contributed by atoms with Crippen molar-refractivity contribution in [2.45, 2.75) is 32.2 Å². The second-order valence-electron chi connectivity index (χ2n) is 5.43. The number of carboxylic acid groups (broad SMARTS) is 1. The molecule has 1 fully saturated rings. The van der Waals surface area contributed by atoms with Crippen molar-refractivity contribution in [1.82, 2.24) is 9.80 Å². The first kappa shape index (κ1) is 16.1. The Morgan fingerprint density at radius 1 is 1.36 bits per heavy atom. The van der Waals surface area contributed by atoms with Gasteiger partial charge in [0.1, 0.15) is 12.8 Å². The van der Waals surface area contributed by atoms with E-state index in [0.717, 1.165) is 6.42 Å². The smallest absolute Gasteiger partial charge is 0.323 e. The van der Waals surface area contributed by atoms with E-state index in [-0.39, 0.29) is 24.4 Å². The lowest BCUT2D eigenvalue weighted by Gasteiger charge is -2.28. The van der Waals surface area contributed by atoms with Gasteiger partial charge in [0.2, 0.25) is 5.91 Å². The highest BCUT2D eigenvalue weighted by Crippen LogP contribution is 2.19. The van der Waals surface area contributed by atoms with Crippen molar-refractivity contribution in [3.8, 4) is 0 Å². The molecule has 1 N–H and O–H groups in total. The Morgan fingerprint density at radius 3 is 2.73 bits per heavy atom. The summed E-state index contributed by atoms with van der Waals surface area (Å²) in [6, 6.07) is 1.48. The minimum absolute atomic E-state index is 0.0954. The highest BCUT2D eigenvalue weighted by atomic mass is 16.4. The third-order valence-electron chi connectivity index (χ3n) is 3.90. The van der Waals surface area contributed by atoms with E-state index in [2.05, 4.69) is 0 Å². The highest BCUT2D eigenvalue weighted by Gasteiger charge is 2.28. The molecule has 2 heterocycles. The largest absolute Gasteiger partial charge is 0.480 e. The quantitative estimate of drug-likeness (QED) is 0.902. The van der Waals surface area contributed by atoms with E-state index in [1.807, 2.05) is 0 Å². The number of aliphatic carboxylic acids is 1. The highest BCUT2D eigenvalue weighted by molar-refractivity contribution is 5.93. The molecule has 0 aromatic carbocycles. The SMILES string of the molecule is CC(=O)N(CC(=O)O)C1CCCN(C(=O)c2ccoc2)CC1. The Hall–Kier alpha value is -2.31. The Kier molecular flexibility index (Phi) is 5.19. The lowest BCUT2D eigenvalue weighted by molar-refractivity contribution is -0.145. The second kappa shape index (κ2) is 7.11. The molecule has 1 unspecified atom stereocenters. The van der Waals surface area contributed by atoms with Gasteiger partial charge in [0.25, 0.3) is 5.91 Å². The monoisotopic (exact) mass is 308 g/mol. The van der Waals surface area contributed by atoms with Crippen LogP contribution >= 0.6 is 0 Å². The lowest BCUT2D eigenvalue weighted by Crippen LogP contribution is -2.43. The Labute approximate surface area is 128 Å². The Balaban J connectivity index is 2.01. The Bertz CT molecular complexity index is 540. The summed E-state index contributed by atoms with van der Waals surface area (Å²) in [5.41, 5.74) is 0.507. The zero-order valence-electron chi connectivity index (χ0n) is 12.5. The molecule has 0 saturated carbocycles. The van der Waals surface area contributed by atoms with Gasteiger partial charge in [0.15, 0.2) is 0 Å². The number of rotatable bonds is 4. The predicted molar refractivity (Wildman–Crippen MR) is 77.3 cm³/mol. The van der Waals surface area contributed by atoms with Crippen LogP contribution in [-0.2, 0) is 9.59 Å². The molecule has 2 amide bonds. The van der Waals surface area contributed by atoms with Crippen molar-refractivity contribution >= 4 is 17.8 Å². The molecule has 0 bridgehead atoms. The van der Waals surface area contributed by atoms with E-state index in [4.69, 9.17) is 9.52 Å². The molecule has 7 heteroatoms. The molecule has 0 radical (unpaired) electrons. The van der Waals surface area contributed by atoms with Gasteiger partial charge in [-0.05, 0) is 25.3 Å². The summed E-state index contributed by atoms with van der Waals surface area (Å²) in [5.74, 6) is -1.37. The van der Waals surface area contributed by atoms with Crippen LogP contribution in [0.5, 0.6) is 0 Å². The number of carboxylic acids is 1. The maximum absolute atomic E-state index is 12.3. The topological polar surface area (TPSA) is 91.1 Å². The van der Waals surface area contributed by atoms with Crippen molar-refractivity contribution in [1.29, 1.82) is 0 Å².